The lowest BCUT2D eigenvalue weighted by Gasteiger charge is -2.11. The Morgan fingerprint density at radius 3 is 2.42 bits per heavy atom. The maximum Gasteiger partial charge on any atom is 0.269 e. The molecule has 1 heterocycles. The van der Waals surface area contributed by atoms with Gasteiger partial charge >= 0.3 is 0 Å². The Kier molecular flexibility index (Phi) is 5.50. The fourth-order valence-electron chi connectivity index (χ4n) is 2.91. The summed E-state index contributed by atoms with van der Waals surface area (Å²) in [5, 5.41) is 12.3. The number of benzene rings is 2. The van der Waals surface area contributed by atoms with E-state index in [1.807, 2.05) is 54.6 Å². The zero-order chi connectivity index (χ0) is 18.4. The van der Waals surface area contributed by atoms with E-state index in [2.05, 4.69) is 18.3 Å². The van der Waals surface area contributed by atoms with Gasteiger partial charge in [-0.05, 0) is 42.2 Å². The van der Waals surface area contributed by atoms with Crippen molar-refractivity contribution in [2.45, 2.75) is 19.8 Å². The minimum Gasteiger partial charge on any atom is -0.350 e. The van der Waals surface area contributed by atoms with Gasteiger partial charge in [0.05, 0.1) is 5.56 Å². The van der Waals surface area contributed by atoms with E-state index in [1.165, 1.54) is 11.1 Å². The van der Waals surface area contributed by atoms with Crippen molar-refractivity contribution in [1.29, 1.82) is 5.26 Å². The van der Waals surface area contributed by atoms with Crippen LogP contribution in [0.5, 0.6) is 0 Å². The van der Waals surface area contributed by atoms with Gasteiger partial charge in [0, 0.05) is 18.4 Å². The minimum atomic E-state index is -0.234. The highest BCUT2D eigenvalue weighted by Gasteiger charge is 2.18. The van der Waals surface area contributed by atoms with E-state index in [1.54, 1.807) is 16.8 Å². The summed E-state index contributed by atoms with van der Waals surface area (Å²) in [6.45, 7) is 2.62. The maximum atomic E-state index is 12.7. The SMILES string of the molecule is CCc1ccc(-n2ccc(C#N)c2C(=O)NCCc2ccccc2)cc1. The molecule has 26 heavy (non-hydrogen) atoms. The van der Waals surface area contributed by atoms with Crippen LogP contribution in [-0.2, 0) is 12.8 Å². The van der Waals surface area contributed by atoms with E-state index >= 15 is 0 Å². The minimum absolute atomic E-state index is 0.234. The van der Waals surface area contributed by atoms with Gasteiger partial charge in [0.15, 0.2) is 0 Å². The number of hydrogen-bond donors (Lipinski definition) is 1. The molecule has 2 aromatic carbocycles. The fourth-order valence-corrected chi connectivity index (χ4v) is 2.91. The number of rotatable bonds is 6. The van der Waals surface area contributed by atoms with E-state index in [-0.39, 0.29) is 5.91 Å². The normalized spacial score (nSPS) is 10.3. The predicted molar refractivity (Wildman–Crippen MR) is 102 cm³/mol. The largest absolute Gasteiger partial charge is 0.350 e. The van der Waals surface area contributed by atoms with Gasteiger partial charge in [0.2, 0.25) is 0 Å². The number of nitrogens with one attached hydrogen (secondary N) is 1. The number of nitrogens with zero attached hydrogens (tertiary/aromatic N) is 2. The number of aromatic nitrogens is 1. The van der Waals surface area contributed by atoms with E-state index < -0.39 is 0 Å². The van der Waals surface area contributed by atoms with Crippen LogP contribution in [-0.4, -0.2) is 17.0 Å². The first-order valence-corrected chi connectivity index (χ1v) is 8.75. The lowest BCUT2D eigenvalue weighted by molar-refractivity contribution is 0.0947. The zero-order valence-corrected chi connectivity index (χ0v) is 14.8. The van der Waals surface area contributed by atoms with Crippen LogP contribution in [0, 0.1) is 11.3 Å². The monoisotopic (exact) mass is 343 g/mol. The zero-order valence-electron chi connectivity index (χ0n) is 14.8. The molecule has 3 rings (SSSR count). The molecule has 0 saturated heterocycles. The first-order chi connectivity index (χ1) is 12.7. The van der Waals surface area contributed by atoms with Gasteiger partial charge in [-0.1, -0.05) is 49.4 Å². The molecule has 1 amide bonds. The van der Waals surface area contributed by atoms with E-state index in [4.69, 9.17) is 0 Å². The standard InChI is InChI=1S/C22H21N3O/c1-2-17-8-10-20(11-9-17)25-15-13-19(16-23)21(25)22(26)24-14-12-18-6-4-3-5-7-18/h3-11,13,15H,2,12,14H2,1H3,(H,24,26). The van der Waals surface area contributed by atoms with E-state index in [0.29, 0.717) is 17.8 Å². The summed E-state index contributed by atoms with van der Waals surface area (Å²) in [5.74, 6) is -0.234. The molecular formula is C22H21N3O. The van der Waals surface area contributed by atoms with Crippen LogP contribution in [0.2, 0.25) is 0 Å². The van der Waals surface area contributed by atoms with Crippen LogP contribution in [0.3, 0.4) is 0 Å². The molecule has 0 fully saturated rings. The topological polar surface area (TPSA) is 57.8 Å². The summed E-state index contributed by atoms with van der Waals surface area (Å²) in [4.78, 5) is 12.7. The number of amides is 1. The van der Waals surface area contributed by atoms with Crippen molar-refractivity contribution in [1.82, 2.24) is 9.88 Å². The molecule has 0 aliphatic rings. The number of carbonyl (C=O) groups excluding carboxylic acids is 1. The highest BCUT2D eigenvalue weighted by atomic mass is 16.1. The molecule has 1 N–H and O–H groups in total. The van der Waals surface area contributed by atoms with Gasteiger partial charge < -0.3 is 9.88 Å². The number of carbonyl (C=O) groups is 1. The van der Waals surface area contributed by atoms with Crippen LogP contribution in [0.1, 0.15) is 34.1 Å². The highest BCUT2D eigenvalue weighted by molar-refractivity contribution is 5.95. The van der Waals surface area contributed by atoms with Crippen LogP contribution in [0.25, 0.3) is 5.69 Å². The molecule has 0 atom stereocenters. The molecule has 3 aromatic rings. The van der Waals surface area contributed by atoms with Crippen LogP contribution in [0.15, 0.2) is 66.9 Å². The average Bonchev–Trinajstić information content (AvgIpc) is 3.13. The molecule has 4 nitrogen and oxygen atoms in total. The molecule has 0 radical (unpaired) electrons. The van der Waals surface area contributed by atoms with Crippen molar-refractivity contribution in [3.63, 3.8) is 0 Å². The summed E-state index contributed by atoms with van der Waals surface area (Å²) >= 11 is 0. The molecule has 0 unspecified atom stereocenters. The fraction of sp³-hybridized carbons (Fsp3) is 0.182. The van der Waals surface area contributed by atoms with Crippen LogP contribution < -0.4 is 5.32 Å². The second-order valence-electron chi connectivity index (χ2n) is 6.07. The number of aryl methyl sites for hydroxylation is 1. The summed E-state index contributed by atoms with van der Waals surface area (Å²) in [7, 11) is 0. The van der Waals surface area contributed by atoms with Crippen LogP contribution in [0.4, 0.5) is 0 Å². The smallest absolute Gasteiger partial charge is 0.269 e. The molecule has 0 aliphatic carbocycles. The van der Waals surface area contributed by atoms with Gasteiger partial charge in [-0.2, -0.15) is 5.26 Å². The molecule has 130 valence electrons. The Hall–Kier alpha value is -3.32. The van der Waals surface area contributed by atoms with Gasteiger partial charge in [0.25, 0.3) is 5.91 Å². The van der Waals surface area contributed by atoms with Gasteiger partial charge in [0.1, 0.15) is 11.8 Å². The van der Waals surface area contributed by atoms with Crippen molar-refractivity contribution >= 4 is 5.91 Å². The maximum absolute atomic E-state index is 12.7. The molecule has 0 bridgehead atoms. The van der Waals surface area contributed by atoms with E-state index in [9.17, 15) is 10.1 Å². The van der Waals surface area contributed by atoms with Crippen molar-refractivity contribution in [2.24, 2.45) is 0 Å². The van der Waals surface area contributed by atoms with Gasteiger partial charge in [-0.25, -0.2) is 0 Å². The molecule has 0 spiro atoms. The summed E-state index contributed by atoms with van der Waals surface area (Å²) in [6.07, 6.45) is 3.48. The van der Waals surface area contributed by atoms with Crippen molar-refractivity contribution in [3.8, 4) is 11.8 Å². The Morgan fingerprint density at radius 2 is 1.77 bits per heavy atom. The lowest BCUT2D eigenvalue weighted by Crippen LogP contribution is -2.28. The van der Waals surface area contributed by atoms with Crippen molar-refractivity contribution in [2.75, 3.05) is 6.54 Å². The summed E-state index contributed by atoms with van der Waals surface area (Å²) in [6, 6.07) is 21.8. The molecule has 1 aromatic heterocycles. The Bertz CT molecular complexity index is 918. The molecule has 4 heteroatoms. The predicted octanol–water partition coefficient (Wildman–Crippen LogP) is 3.88. The quantitative estimate of drug-likeness (QED) is 0.738. The molecule has 0 aliphatic heterocycles. The van der Waals surface area contributed by atoms with E-state index in [0.717, 1.165) is 18.5 Å². The Balaban J connectivity index is 1.78. The summed E-state index contributed by atoms with van der Waals surface area (Å²) in [5.41, 5.74) is 4.03. The third-order valence-electron chi connectivity index (χ3n) is 4.39. The highest BCUT2D eigenvalue weighted by Crippen LogP contribution is 2.18. The first kappa shape index (κ1) is 17.5. The molecular weight excluding hydrogens is 322 g/mol. The average molecular weight is 343 g/mol. The number of nitriles is 1. The second kappa shape index (κ2) is 8.17. The van der Waals surface area contributed by atoms with Crippen molar-refractivity contribution < 1.29 is 4.79 Å². The third-order valence-corrected chi connectivity index (χ3v) is 4.39. The second-order valence-corrected chi connectivity index (χ2v) is 6.07. The van der Waals surface area contributed by atoms with Gasteiger partial charge in [-0.15, -0.1) is 0 Å². The molecule has 0 saturated carbocycles. The summed E-state index contributed by atoms with van der Waals surface area (Å²) < 4.78 is 1.77. The number of hydrogen-bond acceptors (Lipinski definition) is 2. The Labute approximate surface area is 153 Å². The van der Waals surface area contributed by atoms with Crippen LogP contribution >= 0.6 is 0 Å². The third kappa shape index (κ3) is 3.84. The van der Waals surface area contributed by atoms with Crippen molar-refractivity contribution in [3.05, 3.63) is 89.2 Å². The Morgan fingerprint density at radius 1 is 1.04 bits per heavy atom. The lowest BCUT2D eigenvalue weighted by atomic mass is 10.1. The van der Waals surface area contributed by atoms with Gasteiger partial charge in [-0.3, -0.25) is 4.79 Å². The first-order valence-electron chi connectivity index (χ1n) is 8.75.